The number of fused-ring (bicyclic) bond motifs is 1. The summed E-state index contributed by atoms with van der Waals surface area (Å²) < 4.78 is 33.6. The molecule has 149 valence electrons. The van der Waals surface area contributed by atoms with Gasteiger partial charge < -0.3 is 20.2 Å². The van der Waals surface area contributed by atoms with Gasteiger partial charge in [0.15, 0.2) is 0 Å². The molecule has 0 aliphatic carbocycles. The van der Waals surface area contributed by atoms with Crippen molar-refractivity contribution in [2.45, 2.75) is 4.90 Å². The Morgan fingerprint density at radius 3 is 2.20 bits per heavy atom. The first kappa shape index (κ1) is 27.9. The number of rotatable bonds is 4. The maximum absolute atomic E-state index is 12.1. The summed E-state index contributed by atoms with van der Waals surface area (Å²) in [5.74, 6) is -1.86. The number of nitro benzene ring substituents is 1. The van der Waals surface area contributed by atoms with E-state index in [0.29, 0.717) is 22.9 Å². The summed E-state index contributed by atoms with van der Waals surface area (Å²) in [6.45, 7) is 0. The third-order valence-corrected chi connectivity index (χ3v) is 4.46. The van der Waals surface area contributed by atoms with Crippen LogP contribution in [0.3, 0.4) is 0 Å². The zero-order valence-corrected chi connectivity index (χ0v) is 19.2. The third-order valence-electron chi connectivity index (χ3n) is 3.62. The van der Waals surface area contributed by atoms with E-state index in [1.807, 2.05) is 0 Å². The molecule has 3 aromatic carbocycles. The number of azo groups is 1. The van der Waals surface area contributed by atoms with Gasteiger partial charge in [-0.15, -0.1) is 0 Å². The SMILES string of the molecule is O=[N+]([O-])c1cc(N=Nc2c([O-])ccc3ccccc23)c([O-])c(S(=O)(=O)[O-])c1.[Cr+3].[Na+].[OH-]. The van der Waals surface area contributed by atoms with Gasteiger partial charge >= 0.3 is 46.9 Å². The van der Waals surface area contributed by atoms with Crippen molar-refractivity contribution in [1.82, 2.24) is 0 Å². The van der Waals surface area contributed by atoms with E-state index in [2.05, 4.69) is 10.2 Å². The Morgan fingerprint density at radius 1 is 0.967 bits per heavy atom. The van der Waals surface area contributed by atoms with Gasteiger partial charge in [0.25, 0.3) is 5.69 Å². The molecule has 0 fully saturated rings. The molecule has 30 heavy (non-hydrogen) atoms. The summed E-state index contributed by atoms with van der Waals surface area (Å²) in [5, 5.41) is 43.4. The molecule has 0 aromatic heterocycles. The fourth-order valence-electron chi connectivity index (χ4n) is 2.38. The van der Waals surface area contributed by atoms with Crippen molar-refractivity contribution >= 4 is 38.0 Å². The second kappa shape index (κ2) is 10.8. The zero-order valence-electron chi connectivity index (χ0n) is 15.1. The summed E-state index contributed by atoms with van der Waals surface area (Å²) in [7, 11) is -5.27. The van der Waals surface area contributed by atoms with E-state index in [1.165, 1.54) is 6.07 Å². The minimum Gasteiger partial charge on any atom is -0.871 e. The average molecular weight is 478 g/mol. The van der Waals surface area contributed by atoms with Crippen LogP contribution in [0.1, 0.15) is 0 Å². The van der Waals surface area contributed by atoms with Crippen molar-refractivity contribution in [2.75, 3.05) is 0 Å². The predicted octanol–water partition coefficient (Wildman–Crippen LogP) is -0.961. The van der Waals surface area contributed by atoms with Gasteiger partial charge in [0, 0.05) is 17.5 Å². The molecule has 1 N–H and O–H groups in total. The maximum atomic E-state index is 12.1. The molecule has 0 aliphatic rings. The van der Waals surface area contributed by atoms with Gasteiger partial charge in [0.05, 0.1) is 21.2 Å². The summed E-state index contributed by atoms with van der Waals surface area (Å²) >= 11 is 0. The smallest absolute Gasteiger partial charge is 0.871 e. The fraction of sp³-hybridized carbons (Fsp3) is 0. The van der Waals surface area contributed by atoms with Crippen LogP contribution in [0.15, 0.2) is 63.7 Å². The molecule has 14 heteroatoms. The Bertz CT molecular complexity index is 1220. The first-order valence-electron chi connectivity index (χ1n) is 7.24. The van der Waals surface area contributed by atoms with Crippen LogP contribution in [0.2, 0.25) is 0 Å². The molecule has 0 atom stereocenters. The van der Waals surface area contributed by atoms with Gasteiger partial charge in [0.2, 0.25) is 0 Å². The van der Waals surface area contributed by atoms with Crippen LogP contribution in [0.25, 0.3) is 10.8 Å². The number of hydrogen-bond acceptors (Lipinski definition) is 10. The fourth-order valence-corrected chi connectivity index (χ4v) is 2.98. The number of nitro groups is 1. The topological polar surface area (TPSA) is 201 Å². The largest absolute Gasteiger partial charge is 3.00 e. The molecule has 1 radical (unpaired) electrons. The van der Waals surface area contributed by atoms with Crippen molar-refractivity contribution < 1.29 is 80.5 Å². The van der Waals surface area contributed by atoms with Crippen molar-refractivity contribution in [3.63, 3.8) is 0 Å². The molecular formula is C16H9CrN3NaO8S. The molecule has 0 saturated heterocycles. The van der Waals surface area contributed by atoms with E-state index in [0.717, 1.165) is 0 Å². The second-order valence-corrected chi connectivity index (χ2v) is 6.68. The van der Waals surface area contributed by atoms with Crippen molar-refractivity contribution in [3.05, 3.63) is 58.6 Å². The van der Waals surface area contributed by atoms with Crippen LogP contribution < -0.4 is 39.8 Å². The van der Waals surface area contributed by atoms with Gasteiger partial charge in [0.1, 0.15) is 10.1 Å². The molecule has 0 saturated carbocycles. The van der Waals surface area contributed by atoms with E-state index in [1.54, 1.807) is 30.3 Å². The maximum Gasteiger partial charge on any atom is 3.00 e. The van der Waals surface area contributed by atoms with E-state index in [9.17, 15) is 33.3 Å². The van der Waals surface area contributed by atoms with Crippen LogP contribution in [-0.4, -0.2) is 23.4 Å². The second-order valence-electron chi connectivity index (χ2n) is 5.34. The number of non-ortho nitro benzene ring substituents is 1. The first-order chi connectivity index (χ1) is 12.7. The van der Waals surface area contributed by atoms with E-state index in [4.69, 9.17) is 0 Å². The quantitative estimate of drug-likeness (QED) is 0.150. The van der Waals surface area contributed by atoms with Crippen LogP contribution in [-0.2, 0) is 27.5 Å². The molecule has 0 spiro atoms. The average Bonchev–Trinajstić information content (AvgIpc) is 2.60. The Morgan fingerprint density at radius 2 is 1.60 bits per heavy atom. The Balaban J connectivity index is 0.00000280. The summed E-state index contributed by atoms with van der Waals surface area (Å²) in [6.07, 6.45) is 0. The Labute approximate surface area is 202 Å². The van der Waals surface area contributed by atoms with E-state index >= 15 is 0 Å². The first-order valence-corrected chi connectivity index (χ1v) is 8.65. The van der Waals surface area contributed by atoms with Gasteiger partial charge in [-0.25, -0.2) is 8.42 Å². The molecule has 0 bridgehead atoms. The van der Waals surface area contributed by atoms with Crippen molar-refractivity contribution in [2.24, 2.45) is 10.2 Å². The van der Waals surface area contributed by atoms with E-state index < -0.39 is 42.8 Å². The van der Waals surface area contributed by atoms with Crippen LogP contribution in [0.5, 0.6) is 11.5 Å². The van der Waals surface area contributed by atoms with Crippen molar-refractivity contribution in [1.29, 1.82) is 0 Å². The molecule has 3 rings (SSSR count). The Kier molecular flexibility index (Phi) is 10.1. The molecule has 0 amide bonds. The van der Waals surface area contributed by atoms with Crippen LogP contribution in [0, 0.1) is 10.1 Å². The van der Waals surface area contributed by atoms with Crippen molar-refractivity contribution in [3.8, 4) is 11.5 Å². The normalized spacial score (nSPS) is 10.7. The van der Waals surface area contributed by atoms with E-state index in [-0.39, 0.29) is 58.1 Å². The molecular weight excluding hydrogens is 469 g/mol. The van der Waals surface area contributed by atoms with Crippen LogP contribution in [0.4, 0.5) is 17.1 Å². The molecule has 0 unspecified atom stereocenters. The van der Waals surface area contributed by atoms with Crippen LogP contribution >= 0.6 is 0 Å². The zero-order chi connectivity index (χ0) is 19.8. The molecule has 11 nitrogen and oxygen atoms in total. The number of nitrogens with zero attached hydrogens (tertiary/aromatic N) is 3. The molecule has 3 aromatic rings. The number of hydrogen-bond donors (Lipinski definition) is 0. The number of benzene rings is 3. The third kappa shape index (κ3) is 5.75. The minimum absolute atomic E-state index is 0. The van der Waals surface area contributed by atoms with Gasteiger partial charge in [-0.1, -0.05) is 47.9 Å². The van der Waals surface area contributed by atoms with Gasteiger partial charge in [-0.05, 0) is 5.39 Å². The predicted molar refractivity (Wildman–Crippen MR) is 90.0 cm³/mol. The summed E-state index contributed by atoms with van der Waals surface area (Å²) in [5.41, 5.74) is -1.70. The summed E-state index contributed by atoms with van der Waals surface area (Å²) in [6, 6.07) is 10.5. The Hall–Kier alpha value is -2.08. The summed E-state index contributed by atoms with van der Waals surface area (Å²) in [4.78, 5) is 8.64. The molecule has 0 heterocycles. The minimum atomic E-state index is -5.27. The van der Waals surface area contributed by atoms with Gasteiger partial charge in [-0.3, -0.25) is 10.1 Å². The van der Waals surface area contributed by atoms with Gasteiger partial charge in [-0.2, -0.15) is 10.2 Å². The monoisotopic (exact) mass is 478 g/mol. The standard InChI is InChI=1S/C16H11N3O7S.Cr.Na.H2O/c20-13-6-5-9-3-1-2-4-11(9)15(13)18-17-12-7-10(19(22)23)8-14(16(12)21)27(24,25)26;;;/h1-8,20-21H,(H,24,25,26);;;1H2/q;+3;+1;/p-4. The molecule has 0 aliphatic heterocycles.